The molecule has 1 atom stereocenters. The summed E-state index contributed by atoms with van der Waals surface area (Å²) in [6.45, 7) is 0.530. The van der Waals surface area contributed by atoms with Crippen molar-refractivity contribution in [3.05, 3.63) is 88.0 Å². The number of halogens is 1. The van der Waals surface area contributed by atoms with Crippen molar-refractivity contribution in [2.24, 2.45) is 5.14 Å². The summed E-state index contributed by atoms with van der Waals surface area (Å²) in [5.41, 5.74) is 2.05. The van der Waals surface area contributed by atoms with Gasteiger partial charge in [0.05, 0.1) is 22.3 Å². The van der Waals surface area contributed by atoms with E-state index >= 15 is 0 Å². The monoisotopic (exact) mass is 455 g/mol. The summed E-state index contributed by atoms with van der Waals surface area (Å²) in [6.07, 6.45) is -0.480. The molecular weight excluding hydrogens is 437 g/mol. The van der Waals surface area contributed by atoms with Gasteiger partial charge in [0.25, 0.3) is 5.56 Å². The molecule has 2 heterocycles. The number of hydrogen-bond acceptors (Lipinski definition) is 5. The highest BCUT2D eigenvalue weighted by Crippen LogP contribution is 2.38. The third-order valence-electron chi connectivity index (χ3n) is 5.32. The number of rotatable bonds is 4. The number of nitrogens with two attached hydrogens (primary N) is 1. The molecule has 0 bridgehead atoms. The zero-order valence-electron chi connectivity index (χ0n) is 16.6. The second-order valence-corrected chi connectivity index (χ2v) is 9.06. The van der Waals surface area contributed by atoms with E-state index in [1.807, 2.05) is 12.1 Å². The Balaban J connectivity index is 1.43. The van der Waals surface area contributed by atoms with Crippen LogP contribution in [0.3, 0.4) is 0 Å². The lowest BCUT2D eigenvalue weighted by Gasteiger charge is -2.27. The lowest BCUT2D eigenvalue weighted by atomic mass is 10.1. The number of hydrogen-bond donors (Lipinski definition) is 2. The maximum Gasteiger partial charge on any atom is 0.271 e. The van der Waals surface area contributed by atoms with E-state index in [9.17, 15) is 17.6 Å². The summed E-state index contributed by atoms with van der Waals surface area (Å²) < 4.78 is 49.6. The molecule has 0 saturated heterocycles. The van der Waals surface area contributed by atoms with Crippen LogP contribution in [0.4, 0.5) is 4.39 Å². The van der Waals surface area contributed by atoms with E-state index in [4.69, 9.17) is 14.6 Å². The Labute approximate surface area is 182 Å². The summed E-state index contributed by atoms with van der Waals surface area (Å²) in [4.78, 5) is 12.5. The number of benzene rings is 3. The number of nitrogens with one attached hydrogen (secondary N) is 1. The Hall–Kier alpha value is -3.63. The number of primary sulfonamides is 1. The van der Waals surface area contributed by atoms with E-state index in [0.29, 0.717) is 23.2 Å². The minimum atomic E-state index is -3.85. The Morgan fingerprint density at radius 1 is 1.06 bits per heavy atom. The number of nitrogens with zero attached hydrogens (tertiary/aromatic N) is 1. The van der Waals surface area contributed by atoms with Gasteiger partial charge in [-0.2, -0.15) is 0 Å². The highest BCUT2D eigenvalue weighted by molar-refractivity contribution is 7.89. The number of fused-ring (bicyclic) bond motifs is 2. The van der Waals surface area contributed by atoms with Crippen LogP contribution < -0.4 is 20.2 Å². The average molecular weight is 455 g/mol. The van der Waals surface area contributed by atoms with Gasteiger partial charge in [0.1, 0.15) is 12.4 Å². The van der Waals surface area contributed by atoms with Gasteiger partial charge < -0.3 is 9.47 Å². The fourth-order valence-corrected chi connectivity index (χ4v) is 4.23. The summed E-state index contributed by atoms with van der Waals surface area (Å²) in [7, 11) is -3.85. The van der Waals surface area contributed by atoms with Gasteiger partial charge in [-0.15, -0.1) is 0 Å². The van der Waals surface area contributed by atoms with Crippen molar-refractivity contribution < 1.29 is 22.3 Å². The minimum absolute atomic E-state index is 0.0613. The van der Waals surface area contributed by atoms with Crippen molar-refractivity contribution in [2.75, 3.05) is 6.61 Å². The van der Waals surface area contributed by atoms with Crippen LogP contribution in [-0.4, -0.2) is 24.8 Å². The van der Waals surface area contributed by atoms with Crippen LogP contribution in [0.1, 0.15) is 17.2 Å². The van der Waals surface area contributed by atoms with E-state index in [-0.39, 0.29) is 28.6 Å². The molecule has 32 heavy (non-hydrogen) atoms. The molecule has 1 aliphatic heterocycles. The van der Waals surface area contributed by atoms with E-state index in [1.54, 1.807) is 22.9 Å². The predicted molar refractivity (Wildman–Crippen MR) is 115 cm³/mol. The molecule has 0 spiro atoms. The summed E-state index contributed by atoms with van der Waals surface area (Å²) in [5, 5.41) is 8.45. The Bertz CT molecular complexity index is 1490. The van der Waals surface area contributed by atoms with Gasteiger partial charge in [-0.1, -0.05) is 18.2 Å². The van der Waals surface area contributed by atoms with Gasteiger partial charge in [-0.3, -0.25) is 14.6 Å². The quantitative estimate of drug-likeness (QED) is 0.491. The van der Waals surface area contributed by atoms with Gasteiger partial charge in [0, 0.05) is 6.07 Å². The molecular formula is C22H18FN3O5S. The Morgan fingerprint density at radius 2 is 1.84 bits per heavy atom. The van der Waals surface area contributed by atoms with Crippen LogP contribution in [0, 0.1) is 5.82 Å². The first-order chi connectivity index (χ1) is 15.3. The summed E-state index contributed by atoms with van der Waals surface area (Å²) in [5.74, 6) is 0.357. The molecule has 3 N–H and O–H groups in total. The largest absolute Gasteiger partial charge is 0.485 e. The SMILES string of the molecule is NS(=O)(=O)c1ccc2c(c1)OCC(c1ccc3c(c1)c(=O)[nH]n3Cc1ccc(F)cc1)O2. The molecule has 0 aliphatic carbocycles. The molecule has 0 amide bonds. The second-order valence-electron chi connectivity index (χ2n) is 7.50. The molecule has 3 aromatic carbocycles. The molecule has 164 valence electrons. The molecule has 5 rings (SSSR count). The van der Waals surface area contributed by atoms with Crippen molar-refractivity contribution >= 4 is 20.9 Å². The van der Waals surface area contributed by atoms with Gasteiger partial charge >= 0.3 is 0 Å². The predicted octanol–water partition coefficient (Wildman–Crippen LogP) is 2.68. The molecule has 0 radical (unpaired) electrons. The van der Waals surface area contributed by atoms with E-state index in [0.717, 1.165) is 11.1 Å². The number of aromatic nitrogens is 2. The zero-order valence-corrected chi connectivity index (χ0v) is 17.4. The third-order valence-corrected chi connectivity index (χ3v) is 6.23. The fraction of sp³-hybridized carbons (Fsp3) is 0.136. The molecule has 1 unspecified atom stereocenters. The first-order valence-electron chi connectivity index (χ1n) is 9.71. The Morgan fingerprint density at radius 3 is 2.59 bits per heavy atom. The van der Waals surface area contributed by atoms with Crippen LogP contribution in [0.25, 0.3) is 10.9 Å². The molecule has 0 saturated carbocycles. The Kier molecular flexibility index (Phi) is 4.75. The summed E-state index contributed by atoms with van der Waals surface area (Å²) in [6, 6.07) is 15.7. The first kappa shape index (κ1) is 20.3. The number of ether oxygens (including phenoxy) is 2. The average Bonchev–Trinajstić information content (AvgIpc) is 3.08. The molecule has 1 aliphatic rings. The van der Waals surface area contributed by atoms with Crippen LogP contribution in [0.15, 0.2) is 70.4 Å². The number of aromatic amines is 1. The maximum atomic E-state index is 13.1. The molecule has 8 nitrogen and oxygen atoms in total. The van der Waals surface area contributed by atoms with Crippen molar-refractivity contribution in [2.45, 2.75) is 17.5 Å². The van der Waals surface area contributed by atoms with Crippen LogP contribution in [0.5, 0.6) is 11.5 Å². The van der Waals surface area contributed by atoms with E-state index in [1.165, 1.54) is 30.3 Å². The standard InChI is InChI=1S/C22H18FN3O5S/c23-15-4-1-13(2-5-15)11-26-18-7-3-14(9-17(18)22(27)25-26)21-12-30-20-10-16(32(24,28)29)6-8-19(20)31-21/h1-10,21H,11-12H2,(H,25,27)(H2,24,28,29). The van der Waals surface area contributed by atoms with Crippen LogP contribution in [-0.2, 0) is 16.6 Å². The van der Waals surface area contributed by atoms with Crippen molar-refractivity contribution in [1.29, 1.82) is 0 Å². The van der Waals surface area contributed by atoms with Crippen molar-refractivity contribution in [3.63, 3.8) is 0 Å². The van der Waals surface area contributed by atoms with E-state index in [2.05, 4.69) is 5.10 Å². The smallest absolute Gasteiger partial charge is 0.271 e. The molecule has 10 heteroatoms. The topological polar surface area (TPSA) is 116 Å². The lowest BCUT2D eigenvalue weighted by molar-refractivity contribution is 0.0910. The molecule has 4 aromatic rings. The highest BCUT2D eigenvalue weighted by Gasteiger charge is 2.25. The number of sulfonamides is 1. The minimum Gasteiger partial charge on any atom is -0.485 e. The highest BCUT2D eigenvalue weighted by atomic mass is 32.2. The van der Waals surface area contributed by atoms with Gasteiger partial charge in [-0.25, -0.2) is 17.9 Å². The third kappa shape index (κ3) is 3.74. The fourth-order valence-electron chi connectivity index (χ4n) is 3.70. The maximum absolute atomic E-state index is 13.1. The van der Waals surface area contributed by atoms with Gasteiger partial charge in [0.15, 0.2) is 17.6 Å². The molecule has 0 fully saturated rings. The van der Waals surface area contributed by atoms with Crippen LogP contribution in [0.2, 0.25) is 0 Å². The lowest BCUT2D eigenvalue weighted by Crippen LogP contribution is -2.22. The molecule has 1 aromatic heterocycles. The summed E-state index contributed by atoms with van der Waals surface area (Å²) >= 11 is 0. The zero-order chi connectivity index (χ0) is 22.5. The van der Waals surface area contributed by atoms with Crippen molar-refractivity contribution in [3.8, 4) is 11.5 Å². The second kappa shape index (κ2) is 7.50. The van der Waals surface area contributed by atoms with E-state index < -0.39 is 16.1 Å². The van der Waals surface area contributed by atoms with Crippen LogP contribution >= 0.6 is 0 Å². The number of H-pyrrole nitrogens is 1. The van der Waals surface area contributed by atoms with Gasteiger partial charge in [-0.05, 0) is 47.5 Å². The normalized spacial score (nSPS) is 15.8. The van der Waals surface area contributed by atoms with Crippen molar-refractivity contribution in [1.82, 2.24) is 9.78 Å². The van der Waals surface area contributed by atoms with Gasteiger partial charge in [0.2, 0.25) is 10.0 Å². The first-order valence-corrected chi connectivity index (χ1v) is 11.3.